The highest BCUT2D eigenvalue weighted by Crippen LogP contribution is 2.46. The second kappa shape index (κ2) is 9.94. The lowest BCUT2D eigenvalue weighted by atomic mass is 9.90. The number of alkyl halides is 3. The summed E-state index contributed by atoms with van der Waals surface area (Å²) in [6, 6.07) is 4.70. The van der Waals surface area contributed by atoms with Gasteiger partial charge in [-0.1, -0.05) is 12.1 Å². The number of nitrogens with zero attached hydrogens (tertiary/aromatic N) is 5. The lowest BCUT2D eigenvalue weighted by Gasteiger charge is -2.45. The van der Waals surface area contributed by atoms with Gasteiger partial charge in [0.15, 0.2) is 17.3 Å². The molecule has 10 nitrogen and oxygen atoms in total. The number of carbonyl (C=O) groups is 1. The minimum Gasteiger partial charge on any atom is -0.438 e. The monoisotopic (exact) mass is 585 g/mol. The van der Waals surface area contributed by atoms with Gasteiger partial charge in [-0.25, -0.2) is 27.7 Å². The van der Waals surface area contributed by atoms with E-state index in [1.807, 2.05) is 6.92 Å². The van der Waals surface area contributed by atoms with Gasteiger partial charge in [-0.15, -0.1) is 0 Å². The van der Waals surface area contributed by atoms with E-state index in [2.05, 4.69) is 29.2 Å². The van der Waals surface area contributed by atoms with Gasteiger partial charge < -0.3 is 15.0 Å². The van der Waals surface area contributed by atoms with Crippen LogP contribution in [0.3, 0.4) is 0 Å². The molecule has 0 saturated heterocycles. The average Bonchev–Trinajstić information content (AvgIpc) is 3.39. The van der Waals surface area contributed by atoms with Crippen LogP contribution in [0.2, 0.25) is 0 Å². The fourth-order valence-corrected chi connectivity index (χ4v) is 6.34. The van der Waals surface area contributed by atoms with Gasteiger partial charge in [-0.05, 0) is 51.0 Å². The number of esters is 1. The summed E-state index contributed by atoms with van der Waals surface area (Å²) in [6.07, 6.45) is -1.68. The van der Waals surface area contributed by atoms with E-state index in [1.54, 1.807) is 12.4 Å². The highest BCUT2D eigenvalue weighted by Gasteiger charge is 2.59. The Morgan fingerprint density at radius 3 is 2.52 bits per heavy atom. The van der Waals surface area contributed by atoms with E-state index in [9.17, 15) is 22.2 Å². The maximum atomic E-state index is 15.5. The number of aryl methyl sites for hydroxylation is 1. The van der Waals surface area contributed by atoms with Crippen LogP contribution in [0.1, 0.15) is 42.9 Å². The van der Waals surface area contributed by atoms with Crippen LogP contribution in [-0.4, -0.2) is 54.5 Å². The van der Waals surface area contributed by atoms with E-state index in [1.165, 1.54) is 12.1 Å². The molecule has 1 unspecified atom stereocenters. The highest BCUT2D eigenvalue weighted by molar-refractivity contribution is 7.96. The Morgan fingerprint density at radius 2 is 1.93 bits per heavy atom. The highest BCUT2D eigenvalue weighted by atomic mass is 32.2. The number of halogens is 4. The molecule has 40 heavy (non-hydrogen) atoms. The Bertz CT molecular complexity index is 1720. The van der Waals surface area contributed by atoms with Crippen LogP contribution < -0.4 is 5.73 Å². The maximum absolute atomic E-state index is 15.5. The number of hydrogen-bond donors (Lipinski definition) is 1. The quantitative estimate of drug-likeness (QED) is 0.343. The van der Waals surface area contributed by atoms with Gasteiger partial charge >= 0.3 is 12.1 Å². The van der Waals surface area contributed by atoms with E-state index in [0.717, 1.165) is 38.5 Å². The Hall–Kier alpha value is -3.88. The number of carbonyl (C=O) groups excluding carboxylic acids is 1. The maximum Gasteiger partial charge on any atom is 0.490 e. The molecule has 1 aromatic carbocycles. The van der Waals surface area contributed by atoms with Crippen LogP contribution in [0.5, 0.6) is 0 Å². The van der Waals surface area contributed by atoms with Gasteiger partial charge in [-0.2, -0.15) is 13.2 Å². The molecule has 0 aliphatic carbocycles. The van der Waals surface area contributed by atoms with Crippen LogP contribution in [0.15, 0.2) is 50.5 Å². The molecule has 0 saturated carbocycles. The number of amidine groups is 1. The first-order chi connectivity index (χ1) is 19.7. The topological polar surface area (TPSA) is 146 Å². The second-order valence-electron chi connectivity index (χ2n) is 9.59. The number of aliphatic imine (C=N–C) groups is 1. The summed E-state index contributed by atoms with van der Waals surface area (Å²) < 4.78 is 104. The molecule has 3 heterocycles. The standard InChI is InChI=1S/C25H26F4N6O4S/c1-6-13-11-32-19(33-12-13)17-10-18(39-35-17)14-7-8-16(26)15(9-14)24(4)22(38-21(36)25(27,28)29)40(37,31-5)23(2,3)20(30)34-24/h7-12,22H,6H2,1-5H3,(H2,30,34)/t22?,24-,40+/m1/s1/i5D3. The fraction of sp³-hybridized carbons (Fsp3) is 0.400. The van der Waals surface area contributed by atoms with Gasteiger partial charge in [0.05, 0.1) is 0 Å². The first-order valence-corrected chi connectivity index (χ1v) is 13.3. The summed E-state index contributed by atoms with van der Waals surface area (Å²) in [5, 5.41) is 3.92. The molecule has 3 atom stereocenters. The molecule has 4 rings (SSSR count). The predicted octanol–water partition coefficient (Wildman–Crippen LogP) is 4.39. The molecule has 214 valence electrons. The third-order valence-electron chi connectivity index (χ3n) is 6.68. The van der Waals surface area contributed by atoms with Gasteiger partial charge in [0.25, 0.3) is 0 Å². The van der Waals surface area contributed by atoms with Crippen LogP contribution >= 0.6 is 0 Å². The summed E-state index contributed by atoms with van der Waals surface area (Å²) >= 11 is 0. The zero-order valence-electron chi connectivity index (χ0n) is 24.6. The van der Waals surface area contributed by atoms with Crippen LogP contribution in [0.25, 0.3) is 22.8 Å². The number of nitrogens with two attached hydrogens (primary N) is 1. The number of aromatic nitrogens is 3. The van der Waals surface area contributed by atoms with Crippen molar-refractivity contribution in [1.29, 1.82) is 0 Å². The third-order valence-corrected chi connectivity index (χ3v) is 9.76. The molecule has 0 fully saturated rings. The predicted molar refractivity (Wildman–Crippen MR) is 138 cm³/mol. The lowest BCUT2D eigenvalue weighted by Crippen LogP contribution is -2.61. The van der Waals surface area contributed by atoms with E-state index in [-0.39, 0.29) is 22.8 Å². The van der Waals surface area contributed by atoms with Gasteiger partial charge in [-0.3, -0.25) is 4.99 Å². The number of rotatable bonds is 5. The Balaban J connectivity index is 1.93. The first-order valence-electron chi connectivity index (χ1n) is 13.2. The fourth-order valence-electron chi connectivity index (χ4n) is 4.11. The van der Waals surface area contributed by atoms with Crippen LogP contribution in [-0.2, 0) is 31.2 Å². The molecular formula is C25H26F4N6O4S. The molecule has 1 aliphatic heterocycles. The Kier molecular flexibility index (Phi) is 6.24. The lowest BCUT2D eigenvalue weighted by molar-refractivity contribution is -0.203. The molecule has 2 N–H and O–H groups in total. The average molecular weight is 586 g/mol. The summed E-state index contributed by atoms with van der Waals surface area (Å²) in [6.45, 7) is 1.83. The smallest absolute Gasteiger partial charge is 0.438 e. The molecule has 3 aromatic rings. The molecule has 1 aliphatic rings. The number of benzene rings is 1. The minimum atomic E-state index is -5.59. The van der Waals surface area contributed by atoms with Crippen LogP contribution in [0.4, 0.5) is 17.6 Å². The first kappa shape index (κ1) is 25.1. The third kappa shape index (κ3) is 4.71. The molecule has 0 amide bonds. The van der Waals surface area contributed by atoms with Crippen molar-refractivity contribution < 1.29 is 39.9 Å². The zero-order valence-corrected chi connectivity index (χ0v) is 22.4. The van der Waals surface area contributed by atoms with E-state index < -0.39 is 61.8 Å². The molecule has 2 aromatic heterocycles. The molecular weight excluding hydrogens is 556 g/mol. The largest absolute Gasteiger partial charge is 0.490 e. The summed E-state index contributed by atoms with van der Waals surface area (Å²) in [4.78, 5) is 24.7. The number of hydrogen-bond acceptors (Lipinski definition) is 10. The van der Waals surface area contributed by atoms with Crippen molar-refractivity contribution in [3.63, 3.8) is 0 Å². The van der Waals surface area contributed by atoms with Crippen molar-refractivity contribution in [2.24, 2.45) is 15.1 Å². The molecule has 0 radical (unpaired) electrons. The van der Waals surface area contributed by atoms with Gasteiger partial charge in [0.2, 0.25) is 5.44 Å². The van der Waals surface area contributed by atoms with Crippen molar-refractivity contribution in [3.8, 4) is 22.8 Å². The SMILES string of the molecule is [2H]C([2H])([2H])N=[S@]1(=O)C(OC(=O)C(F)(F)F)[C@@](C)(c2cc(-c3cc(-c4ncc(CC)cn4)no3)ccc2F)N=C(N)C1(C)C. The summed E-state index contributed by atoms with van der Waals surface area (Å²) in [5.74, 6) is -4.14. The van der Waals surface area contributed by atoms with Crippen molar-refractivity contribution in [1.82, 2.24) is 15.1 Å². The second-order valence-corrected chi connectivity index (χ2v) is 12.4. The van der Waals surface area contributed by atoms with Crippen molar-refractivity contribution >= 4 is 21.5 Å². The normalized spacial score (nSPS) is 25.8. The zero-order chi connectivity index (χ0) is 32.2. The molecule has 0 spiro atoms. The van der Waals surface area contributed by atoms with Crippen LogP contribution in [0, 0.1) is 5.82 Å². The van der Waals surface area contributed by atoms with Crippen molar-refractivity contribution in [2.45, 2.75) is 56.0 Å². The number of ether oxygens (including phenoxy) is 1. The van der Waals surface area contributed by atoms with Crippen molar-refractivity contribution in [3.05, 3.63) is 53.6 Å². The van der Waals surface area contributed by atoms with E-state index >= 15 is 4.39 Å². The summed E-state index contributed by atoms with van der Waals surface area (Å²) in [7, 11) is -4.61. The molecule has 0 bridgehead atoms. The van der Waals surface area contributed by atoms with Gasteiger partial charge in [0, 0.05) is 40.7 Å². The molecule has 15 heteroatoms. The van der Waals surface area contributed by atoms with E-state index in [4.69, 9.17) is 14.4 Å². The van der Waals surface area contributed by atoms with E-state index in [0.29, 0.717) is 6.42 Å². The Labute approximate surface area is 231 Å². The minimum absolute atomic E-state index is 0.0489. The van der Waals surface area contributed by atoms with Crippen molar-refractivity contribution in [2.75, 3.05) is 6.98 Å². The van der Waals surface area contributed by atoms with Gasteiger partial charge in [0.1, 0.15) is 31.7 Å². The Morgan fingerprint density at radius 1 is 1.25 bits per heavy atom. The summed E-state index contributed by atoms with van der Waals surface area (Å²) in [5.41, 5.74) is 1.74.